The number of hydrogen-bond acceptors (Lipinski definition) is 7. The molecule has 0 bridgehead atoms. The van der Waals surface area contributed by atoms with Crippen molar-refractivity contribution in [1.82, 2.24) is 10.1 Å². The summed E-state index contributed by atoms with van der Waals surface area (Å²) in [5, 5.41) is 23.9. The molecule has 0 fully saturated rings. The molecule has 0 atom stereocenters. The van der Waals surface area contributed by atoms with Crippen LogP contribution in [0.2, 0.25) is 0 Å². The van der Waals surface area contributed by atoms with E-state index in [1.807, 2.05) is 35.2 Å². The van der Waals surface area contributed by atoms with Gasteiger partial charge >= 0.3 is 0 Å². The lowest BCUT2D eigenvalue weighted by atomic mass is 10.2. The predicted octanol–water partition coefficient (Wildman–Crippen LogP) is 2.64. The lowest BCUT2D eigenvalue weighted by Gasteiger charge is -2.21. The molecule has 0 saturated carbocycles. The quantitative estimate of drug-likeness (QED) is 0.520. The molecule has 1 heterocycles. The maximum atomic E-state index is 10.7. The van der Waals surface area contributed by atoms with Gasteiger partial charge in [-0.05, 0) is 24.3 Å². The van der Waals surface area contributed by atoms with E-state index >= 15 is 0 Å². The largest absolute Gasteiger partial charge is 0.395 e. The molecule has 2 aromatic carbocycles. The van der Waals surface area contributed by atoms with Crippen LogP contribution in [-0.4, -0.2) is 33.3 Å². The molecule has 1 aromatic heterocycles. The highest BCUT2D eigenvalue weighted by atomic mass is 16.6. The summed E-state index contributed by atoms with van der Waals surface area (Å²) in [5.41, 5.74) is 1.58. The Bertz CT molecular complexity index is 833. The number of aliphatic hydroxyl groups is 1. The number of non-ortho nitro benzene ring substituents is 1. The summed E-state index contributed by atoms with van der Waals surface area (Å²) in [4.78, 5) is 16.5. The standard InChI is InChI=1S/C17H16N4O4/c22-11-10-20(14-4-2-1-3-5-14)12-16-18-17(19-25-16)13-6-8-15(9-7-13)21(23)24/h1-9,22H,10-12H2. The SMILES string of the molecule is O=[N+]([O-])c1ccc(-c2noc(CN(CCO)c3ccccc3)n2)cc1. The smallest absolute Gasteiger partial charge is 0.269 e. The van der Waals surface area contributed by atoms with E-state index in [-0.39, 0.29) is 12.3 Å². The van der Waals surface area contributed by atoms with Gasteiger partial charge < -0.3 is 14.5 Å². The Morgan fingerprint density at radius 3 is 2.48 bits per heavy atom. The van der Waals surface area contributed by atoms with Crippen LogP contribution in [0.1, 0.15) is 5.89 Å². The van der Waals surface area contributed by atoms with Crippen molar-refractivity contribution < 1.29 is 14.6 Å². The van der Waals surface area contributed by atoms with E-state index in [0.717, 1.165) is 5.69 Å². The second kappa shape index (κ2) is 7.54. The second-order valence-corrected chi connectivity index (χ2v) is 5.30. The van der Waals surface area contributed by atoms with Crippen LogP contribution in [0.15, 0.2) is 59.1 Å². The number of para-hydroxylation sites is 1. The average molecular weight is 340 g/mol. The van der Waals surface area contributed by atoms with Crippen LogP contribution in [0.4, 0.5) is 11.4 Å². The molecule has 0 spiro atoms. The Morgan fingerprint density at radius 1 is 1.12 bits per heavy atom. The van der Waals surface area contributed by atoms with Crippen molar-refractivity contribution in [3.05, 3.63) is 70.6 Å². The molecule has 25 heavy (non-hydrogen) atoms. The van der Waals surface area contributed by atoms with E-state index in [9.17, 15) is 15.2 Å². The zero-order chi connectivity index (χ0) is 17.6. The fourth-order valence-corrected chi connectivity index (χ4v) is 2.39. The summed E-state index contributed by atoms with van der Waals surface area (Å²) >= 11 is 0. The third-order valence-corrected chi connectivity index (χ3v) is 3.62. The maximum Gasteiger partial charge on any atom is 0.269 e. The first-order valence-electron chi connectivity index (χ1n) is 7.65. The number of nitro groups is 1. The van der Waals surface area contributed by atoms with Crippen LogP contribution in [0.25, 0.3) is 11.4 Å². The number of hydrogen-bond donors (Lipinski definition) is 1. The van der Waals surface area contributed by atoms with Gasteiger partial charge in [-0.15, -0.1) is 0 Å². The Hall–Kier alpha value is -3.26. The van der Waals surface area contributed by atoms with E-state index in [1.165, 1.54) is 12.1 Å². The van der Waals surface area contributed by atoms with Crippen molar-refractivity contribution >= 4 is 11.4 Å². The molecule has 0 aliphatic carbocycles. The minimum Gasteiger partial charge on any atom is -0.395 e. The average Bonchev–Trinajstić information content (AvgIpc) is 3.11. The lowest BCUT2D eigenvalue weighted by Crippen LogP contribution is -2.26. The molecule has 0 saturated heterocycles. The first kappa shape index (κ1) is 16.6. The zero-order valence-electron chi connectivity index (χ0n) is 13.3. The van der Waals surface area contributed by atoms with Crippen LogP contribution in [-0.2, 0) is 6.54 Å². The van der Waals surface area contributed by atoms with Crippen molar-refractivity contribution in [2.75, 3.05) is 18.1 Å². The number of nitro benzene ring substituents is 1. The zero-order valence-corrected chi connectivity index (χ0v) is 13.3. The number of nitrogens with zero attached hydrogens (tertiary/aromatic N) is 4. The van der Waals surface area contributed by atoms with Gasteiger partial charge in [0.1, 0.15) is 0 Å². The predicted molar refractivity (Wildman–Crippen MR) is 91.0 cm³/mol. The van der Waals surface area contributed by atoms with Crippen molar-refractivity contribution in [3.8, 4) is 11.4 Å². The van der Waals surface area contributed by atoms with Gasteiger partial charge in [0.05, 0.1) is 18.1 Å². The van der Waals surface area contributed by atoms with Crippen molar-refractivity contribution in [2.45, 2.75) is 6.54 Å². The summed E-state index contributed by atoms with van der Waals surface area (Å²) in [6.07, 6.45) is 0. The van der Waals surface area contributed by atoms with E-state index in [4.69, 9.17) is 4.52 Å². The van der Waals surface area contributed by atoms with Crippen LogP contribution >= 0.6 is 0 Å². The van der Waals surface area contributed by atoms with E-state index in [2.05, 4.69) is 10.1 Å². The topological polar surface area (TPSA) is 106 Å². The van der Waals surface area contributed by atoms with Gasteiger partial charge in [-0.1, -0.05) is 23.4 Å². The monoisotopic (exact) mass is 340 g/mol. The van der Waals surface area contributed by atoms with Gasteiger partial charge in [0.2, 0.25) is 11.7 Å². The molecule has 0 aliphatic heterocycles. The van der Waals surface area contributed by atoms with Gasteiger partial charge in [0, 0.05) is 29.9 Å². The third kappa shape index (κ3) is 3.99. The van der Waals surface area contributed by atoms with E-state index in [1.54, 1.807) is 12.1 Å². The van der Waals surface area contributed by atoms with Crippen molar-refractivity contribution in [1.29, 1.82) is 0 Å². The maximum absolute atomic E-state index is 10.7. The number of aliphatic hydroxyl groups excluding tert-OH is 1. The summed E-state index contributed by atoms with van der Waals surface area (Å²) in [5.74, 6) is 0.757. The Labute approximate surface area is 143 Å². The van der Waals surface area contributed by atoms with Crippen LogP contribution < -0.4 is 4.90 Å². The summed E-state index contributed by atoms with van der Waals surface area (Å²) in [6.45, 7) is 0.780. The summed E-state index contributed by atoms with van der Waals surface area (Å²) in [7, 11) is 0. The Kier molecular flexibility index (Phi) is 5.00. The highest BCUT2D eigenvalue weighted by Gasteiger charge is 2.14. The molecule has 3 rings (SSSR count). The molecule has 8 heteroatoms. The normalized spacial score (nSPS) is 10.6. The first-order chi connectivity index (χ1) is 12.2. The van der Waals surface area contributed by atoms with Gasteiger partial charge in [-0.2, -0.15) is 4.98 Å². The van der Waals surface area contributed by atoms with Crippen LogP contribution in [0, 0.1) is 10.1 Å². The molecule has 1 N–H and O–H groups in total. The number of benzene rings is 2. The Balaban J connectivity index is 1.77. The molecule has 3 aromatic rings. The second-order valence-electron chi connectivity index (χ2n) is 5.30. The van der Waals surface area contributed by atoms with Crippen LogP contribution in [0.3, 0.4) is 0 Å². The van der Waals surface area contributed by atoms with Crippen molar-refractivity contribution in [2.24, 2.45) is 0 Å². The van der Waals surface area contributed by atoms with Gasteiger partial charge in [-0.3, -0.25) is 10.1 Å². The van der Waals surface area contributed by atoms with Crippen LogP contribution in [0.5, 0.6) is 0 Å². The fourth-order valence-electron chi connectivity index (χ4n) is 2.39. The molecule has 0 radical (unpaired) electrons. The molecule has 0 aliphatic rings. The Morgan fingerprint density at radius 2 is 1.84 bits per heavy atom. The summed E-state index contributed by atoms with van der Waals surface area (Å²) < 4.78 is 5.28. The highest BCUT2D eigenvalue weighted by molar-refractivity contribution is 5.56. The van der Waals surface area contributed by atoms with E-state index < -0.39 is 4.92 Å². The fraction of sp³-hybridized carbons (Fsp3) is 0.176. The van der Waals surface area contributed by atoms with E-state index in [0.29, 0.717) is 30.4 Å². The molecule has 0 amide bonds. The van der Waals surface area contributed by atoms with Gasteiger partial charge in [0.25, 0.3) is 5.69 Å². The number of rotatable bonds is 7. The lowest BCUT2D eigenvalue weighted by molar-refractivity contribution is -0.384. The summed E-state index contributed by atoms with van der Waals surface area (Å²) in [6, 6.07) is 15.6. The van der Waals surface area contributed by atoms with Gasteiger partial charge in [-0.25, -0.2) is 0 Å². The molecule has 128 valence electrons. The number of aromatic nitrogens is 2. The molecule has 0 unspecified atom stereocenters. The minimum atomic E-state index is -0.460. The first-order valence-corrected chi connectivity index (χ1v) is 7.65. The molecular formula is C17H16N4O4. The minimum absolute atomic E-state index is 0.00174. The molecular weight excluding hydrogens is 324 g/mol. The highest BCUT2D eigenvalue weighted by Crippen LogP contribution is 2.21. The third-order valence-electron chi connectivity index (χ3n) is 3.62. The van der Waals surface area contributed by atoms with Gasteiger partial charge in [0.15, 0.2) is 0 Å². The molecule has 8 nitrogen and oxygen atoms in total. The number of anilines is 1. The van der Waals surface area contributed by atoms with Crippen molar-refractivity contribution in [3.63, 3.8) is 0 Å².